The van der Waals surface area contributed by atoms with Crippen molar-refractivity contribution in [2.45, 2.75) is 45.6 Å². The Kier molecular flexibility index (Phi) is 3.19. The SMILES string of the molecule is CCn1ccnc1CC1CCC(=O)CC1. The summed E-state index contributed by atoms with van der Waals surface area (Å²) in [6.07, 6.45) is 8.59. The molecule has 1 heterocycles. The van der Waals surface area contributed by atoms with Gasteiger partial charge in [-0.25, -0.2) is 4.98 Å². The van der Waals surface area contributed by atoms with E-state index in [0.29, 0.717) is 11.7 Å². The number of nitrogens with zero attached hydrogens (tertiary/aromatic N) is 2. The van der Waals surface area contributed by atoms with Gasteiger partial charge in [-0.05, 0) is 25.7 Å². The van der Waals surface area contributed by atoms with Gasteiger partial charge in [-0.3, -0.25) is 4.79 Å². The maximum Gasteiger partial charge on any atom is 0.132 e. The van der Waals surface area contributed by atoms with E-state index < -0.39 is 0 Å². The van der Waals surface area contributed by atoms with Crippen molar-refractivity contribution in [2.75, 3.05) is 0 Å². The number of Topliss-reactive ketones (excluding diaryl/α,β-unsaturated/α-hetero) is 1. The first-order chi connectivity index (χ1) is 7.29. The van der Waals surface area contributed by atoms with Gasteiger partial charge in [0.05, 0.1) is 0 Å². The lowest BCUT2D eigenvalue weighted by Gasteiger charge is -2.20. The molecule has 82 valence electrons. The fraction of sp³-hybridized carbons (Fsp3) is 0.667. The average Bonchev–Trinajstić information content (AvgIpc) is 2.69. The highest BCUT2D eigenvalue weighted by Gasteiger charge is 2.20. The predicted molar refractivity (Wildman–Crippen MR) is 58.6 cm³/mol. The molecular formula is C12H18N2O. The zero-order valence-electron chi connectivity index (χ0n) is 9.28. The molecule has 1 saturated carbocycles. The highest BCUT2D eigenvalue weighted by molar-refractivity contribution is 5.79. The lowest BCUT2D eigenvalue weighted by Crippen LogP contribution is -2.17. The second-order valence-electron chi connectivity index (χ2n) is 4.32. The van der Waals surface area contributed by atoms with Crippen LogP contribution in [0.3, 0.4) is 0 Å². The number of carbonyl (C=O) groups is 1. The summed E-state index contributed by atoms with van der Waals surface area (Å²) in [5.41, 5.74) is 0. The normalized spacial score (nSPS) is 18.3. The minimum Gasteiger partial charge on any atom is -0.335 e. The van der Waals surface area contributed by atoms with Crippen LogP contribution in [0.15, 0.2) is 12.4 Å². The highest BCUT2D eigenvalue weighted by atomic mass is 16.1. The Hall–Kier alpha value is -1.12. The van der Waals surface area contributed by atoms with E-state index in [4.69, 9.17) is 0 Å². The number of imidazole rings is 1. The summed E-state index contributed by atoms with van der Waals surface area (Å²) in [5.74, 6) is 2.28. The summed E-state index contributed by atoms with van der Waals surface area (Å²) in [5, 5.41) is 0. The van der Waals surface area contributed by atoms with Crippen molar-refractivity contribution in [1.29, 1.82) is 0 Å². The van der Waals surface area contributed by atoms with E-state index in [1.807, 2.05) is 12.4 Å². The van der Waals surface area contributed by atoms with Crippen molar-refractivity contribution < 1.29 is 4.79 Å². The van der Waals surface area contributed by atoms with Gasteiger partial charge in [-0.2, -0.15) is 0 Å². The molecule has 0 amide bonds. The van der Waals surface area contributed by atoms with Crippen LogP contribution < -0.4 is 0 Å². The predicted octanol–water partition coefficient (Wildman–Crippen LogP) is 2.20. The average molecular weight is 206 g/mol. The molecule has 0 aliphatic heterocycles. The van der Waals surface area contributed by atoms with Gasteiger partial charge in [0, 0.05) is 38.2 Å². The van der Waals surface area contributed by atoms with E-state index in [0.717, 1.165) is 38.6 Å². The van der Waals surface area contributed by atoms with E-state index in [2.05, 4.69) is 16.5 Å². The third kappa shape index (κ3) is 2.46. The topological polar surface area (TPSA) is 34.9 Å². The minimum absolute atomic E-state index is 0.435. The molecule has 1 aromatic heterocycles. The molecule has 0 aromatic carbocycles. The van der Waals surface area contributed by atoms with Crippen LogP contribution in [0.1, 0.15) is 38.4 Å². The Bertz CT molecular complexity index is 333. The van der Waals surface area contributed by atoms with Crippen molar-refractivity contribution >= 4 is 5.78 Å². The van der Waals surface area contributed by atoms with Crippen molar-refractivity contribution in [1.82, 2.24) is 9.55 Å². The molecule has 3 heteroatoms. The van der Waals surface area contributed by atoms with Crippen molar-refractivity contribution in [3.05, 3.63) is 18.2 Å². The van der Waals surface area contributed by atoms with Gasteiger partial charge < -0.3 is 4.57 Å². The third-order valence-corrected chi connectivity index (χ3v) is 3.28. The zero-order chi connectivity index (χ0) is 10.7. The van der Waals surface area contributed by atoms with E-state index in [1.54, 1.807) is 0 Å². The number of aryl methyl sites for hydroxylation is 1. The second kappa shape index (κ2) is 4.60. The number of ketones is 1. The summed E-state index contributed by atoms with van der Waals surface area (Å²) in [4.78, 5) is 15.5. The molecule has 2 rings (SSSR count). The first-order valence-electron chi connectivity index (χ1n) is 5.81. The van der Waals surface area contributed by atoms with Crippen LogP contribution in [0.25, 0.3) is 0 Å². The molecule has 1 aliphatic rings. The zero-order valence-corrected chi connectivity index (χ0v) is 9.28. The molecule has 3 nitrogen and oxygen atoms in total. The lowest BCUT2D eigenvalue weighted by molar-refractivity contribution is -0.121. The van der Waals surface area contributed by atoms with Gasteiger partial charge in [0.1, 0.15) is 11.6 Å². The van der Waals surface area contributed by atoms with Crippen LogP contribution in [0.2, 0.25) is 0 Å². The third-order valence-electron chi connectivity index (χ3n) is 3.28. The summed E-state index contributed by atoms with van der Waals surface area (Å²) >= 11 is 0. The van der Waals surface area contributed by atoms with E-state index >= 15 is 0 Å². The van der Waals surface area contributed by atoms with Gasteiger partial charge in [-0.15, -0.1) is 0 Å². The van der Waals surface area contributed by atoms with Crippen LogP contribution >= 0.6 is 0 Å². The molecule has 0 atom stereocenters. The smallest absolute Gasteiger partial charge is 0.132 e. The monoisotopic (exact) mass is 206 g/mol. The first kappa shape index (κ1) is 10.4. The maximum absolute atomic E-state index is 11.1. The van der Waals surface area contributed by atoms with Gasteiger partial charge in [0.25, 0.3) is 0 Å². The Balaban J connectivity index is 1.94. The molecule has 0 bridgehead atoms. The summed E-state index contributed by atoms with van der Waals surface area (Å²) in [6, 6.07) is 0. The fourth-order valence-electron chi connectivity index (χ4n) is 2.28. The minimum atomic E-state index is 0.435. The second-order valence-corrected chi connectivity index (χ2v) is 4.32. The molecule has 0 radical (unpaired) electrons. The van der Waals surface area contributed by atoms with Crippen LogP contribution in [0, 0.1) is 5.92 Å². The number of aromatic nitrogens is 2. The van der Waals surface area contributed by atoms with E-state index in [-0.39, 0.29) is 0 Å². The van der Waals surface area contributed by atoms with Crippen molar-refractivity contribution in [3.63, 3.8) is 0 Å². The Labute approximate surface area is 90.5 Å². The number of hydrogen-bond acceptors (Lipinski definition) is 2. The molecule has 0 spiro atoms. The molecular weight excluding hydrogens is 188 g/mol. The maximum atomic E-state index is 11.1. The number of hydrogen-bond donors (Lipinski definition) is 0. The van der Waals surface area contributed by atoms with Gasteiger partial charge in [0.2, 0.25) is 0 Å². The van der Waals surface area contributed by atoms with Crippen LogP contribution in [-0.4, -0.2) is 15.3 Å². The fourth-order valence-corrected chi connectivity index (χ4v) is 2.28. The Morgan fingerprint density at radius 2 is 2.20 bits per heavy atom. The number of carbonyl (C=O) groups excluding carboxylic acids is 1. The first-order valence-corrected chi connectivity index (χ1v) is 5.81. The molecule has 1 aromatic rings. The Morgan fingerprint density at radius 3 is 2.87 bits per heavy atom. The largest absolute Gasteiger partial charge is 0.335 e. The summed E-state index contributed by atoms with van der Waals surface area (Å²) < 4.78 is 2.19. The molecule has 0 unspecified atom stereocenters. The molecule has 1 fully saturated rings. The van der Waals surface area contributed by atoms with Gasteiger partial charge in [0.15, 0.2) is 0 Å². The summed E-state index contributed by atoms with van der Waals surface area (Å²) in [7, 11) is 0. The van der Waals surface area contributed by atoms with E-state index in [1.165, 1.54) is 5.82 Å². The van der Waals surface area contributed by atoms with Crippen molar-refractivity contribution in [3.8, 4) is 0 Å². The summed E-state index contributed by atoms with van der Waals surface area (Å²) in [6.45, 7) is 3.12. The molecule has 0 N–H and O–H groups in total. The highest BCUT2D eigenvalue weighted by Crippen LogP contribution is 2.24. The van der Waals surface area contributed by atoms with Gasteiger partial charge in [-0.1, -0.05) is 0 Å². The van der Waals surface area contributed by atoms with E-state index in [9.17, 15) is 4.79 Å². The van der Waals surface area contributed by atoms with Gasteiger partial charge >= 0.3 is 0 Å². The van der Waals surface area contributed by atoms with Crippen molar-refractivity contribution in [2.24, 2.45) is 5.92 Å². The quantitative estimate of drug-likeness (QED) is 0.760. The van der Waals surface area contributed by atoms with Crippen LogP contribution in [0.4, 0.5) is 0 Å². The molecule has 15 heavy (non-hydrogen) atoms. The van der Waals surface area contributed by atoms with Crippen LogP contribution in [-0.2, 0) is 17.8 Å². The number of rotatable bonds is 3. The lowest BCUT2D eigenvalue weighted by atomic mass is 9.86. The molecule has 1 aliphatic carbocycles. The molecule has 0 saturated heterocycles. The standard InChI is InChI=1S/C12H18N2O/c1-2-14-8-7-13-12(14)9-10-3-5-11(15)6-4-10/h7-8,10H,2-6,9H2,1H3. The Morgan fingerprint density at radius 1 is 1.47 bits per heavy atom. The van der Waals surface area contributed by atoms with Crippen LogP contribution in [0.5, 0.6) is 0 Å².